The molecule has 34 valence electrons. The maximum absolute atomic E-state index is 9.67. The summed E-state index contributed by atoms with van der Waals surface area (Å²) in [5, 5.41) is 0. The van der Waals surface area contributed by atoms with Gasteiger partial charge in [0.2, 0.25) is 0 Å². The highest BCUT2D eigenvalue weighted by atomic mass is 32.1. The highest BCUT2D eigenvalue weighted by molar-refractivity contribution is 7.47. The fraction of sp³-hybridized carbons (Fsp3) is 0. The number of amides is 2. The van der Waals surface area contributed by atoms with Crippen LogP contribution in [0, 0.1) is 0 Å². The average molecular weight is 105 g/mol. The molecule has 0 aliphatic carbocycles. The van der Waals surface area contributed by atoms with E-state index >= 15 is 0 Å². The molecule has 0 atom stereocenters. The molecule has 3 N–H and O–H groups in total. The molecule has 0 rings (SSSR count). The number of nitrogens with one attached hydrogen (secondary N) is 1. The number of carbonyl (C=O) groups is 1. The molecule has 0 heterocycles. The largest absolute Gasteiger partial charge is 0.366 e. The molecule has 0 saturated carbocycles. The van der Waals surface area contributed by atoms with E-state index in [1.165, 1.54) is 0 Å². The summed E-state index contributed by atoms with van der Waals surface area (Å²) >= 11 is 3.91. The van der Waals surface area contributed by atoms with Gasteiger partial charge in [0.05, 0.1) is 0 Å². The van der Waals surface area contributed by atoms with Gasteiger partial charge in [0.25, 0.3) is 0 Å². The molecule has 0 aromatic carbocycles. The molecule has 4 nitrogen and oxygen atoms in total. The predicted octanol–water partition coefficient (Wildman–Crippen LogP) is -0.700. The van der Waals surface area contributed by atoms with Gasteiger partial charge >= 0.3 is 6.03 Å². The van der Waals surface area contributed by atoms with Crippen molar-refractivity contribution in [2.75, 3.05) is 0 Å². The van der Waals surface area contributed by atoms with Crippen molar-refractivity contribution < 1.29 is 4.79 Å². The highest BCUT2D eigenvalue weighted by Crippen LogP contribution is 1.60. The first-order chi connectivity index (χ1) is 2.81. The Hall–Kier alpha value is -0.550. The van der Waals surface area contributed by atoms with Gasteiger partial charge in [0.1, 0.15) is 0 Å². The number of hydrogen-bond donors (Lipinski definition) is 2. The number of nitrogens with two attached hydrogens (primary N) is 1. The summed E-state index contributed by atoms with van der Waals surface area (Å²) in [6.07, 6.45) is 0. The molecule has 0 bridgehead atoms. The Morgan fingerprint density at radius 3 is 2.50 bits per heavy atom. The molecule has 0 fully saturated rings. The lowest BCUT2D eigenvalue weighted by molar-refractivity contribution is 0.250. The second kappa shape index (κ2) is 2.67. The number of rotatable bonds is 0. The average Bonchev–Trinajstić information content (AvgIpc) is 1.65. The van der Waals surface area contributed by atoms with Gasteiger partial charge in [-0.05, 0) is 0 Å². The second-order valence-electron chi connectivity index (χ2n) is 0.541. The van der Waals surface area contributed by atoms with Crippen LogP contribution >= 0.6 is 0 Å². The zero-order valence-corrected chi connectivity index (χ0v) is 3.66. The van der Waals surface area contributed by atoms with Gasteiger partial charge in [-0.1, -0.05) is 0 Å². The van der Waals surface area contributed by atoms with Crippen LogP contribution in [0.25, 0.3) is 0 Å². The predicted molar refractivity (Wildman–Crippen MR) is 22.5 cm³/mol. The lowest BCUT2D eigenvalue weighted by Crippen LogP contribution is -2.26. The smallest absolute Gasteiger partial charge is 0.273 e. The summed E-state index contributed by atoms with van der Waals surface area (Å²) in [5.74, 6) is 4.52. The van der Waals surface area contributed by atoms with Gasteiger partial charge in [-0.15, -0.1) is 4.36 Å². The summed E-state index contributed by atoms with van der Waals surface area (Å²) in [6, 6.07) is -0.690. The molecule has 2 amide bonds. The van der Waals surface area contributed by atoms with Crippen LogP contribution in [-0.2, 0) is 12.4 Å². The van der Waals surface area contributed by atoms with Crippen LogP contribution in [0.5, 0.6) is 0 Å². The Labute approximate surface area is 39.9 Å². The van der Waals surface area contributed by atoms with Crippen LogP contribution in [0.3, 0.4) is 0 Å². The molecule has 0 saturated heterocycles. The highest BCUT2D eigenvalue weighted by Gasteiger charge is 1.83. The zero-order chi connectivity index (χ0) is 4.99. The number of carbonyl (C=O) groups excluding carboxylic acids is 1. The van der Waals surface area contributed by atoms with Gasteiger partial charge in [0, 0.05) is 12.4 Å². The molecule has 6 heavy (non-hydrogen) atoms. The van der Waals surface area contributed by atoms with Gasteiger partial charge in [-0.25, -0.2) is 10.6 Å². The minimum atomic E-state index is -0.690. The van der Waals surface area contributed by atoms with Crippen LogP contribution in [0.15, 0.2) is 4.36 Å². The standard InChI is InChI=1S/CH3N3OS/c2-3-1(5)4-6/h2H2,(H,3,5). The third kappa shape index (κ3) is 1.74. The van der Waals surface area contributed by atoms with Gasteiger partial charge in [0.15, 0.2) is 0 Å². The second-order valence-corrected chi connectivity index (χ2v) is 0.723. The van der Waals surface area contributed by atoms with Crippen molar-refractivity contribution in [2.24, 2.45) is 10.2 Å². The monoisotopic (exact) mass is 105 g/mol. The lowest BCUT2D eigenvalue weighted by atomic mass is 11.2. The molecule has 0 aromatic heterocycles. The van der Waals surface area contributed by atoms with E-state index in [1.54, 1.807) is 5.43 Å². The van der Waals surface area contributed by atoms with E-state index in [-0.39, 0.29) is 0 Å². The van der Waals surface area contributed by atoms with E-state index in [2.05, 4.69) is 22.6 Å². The number of hydrazine groups is 1. The Morgan fingerprint density at radius 2 is 2.50 bits per heavy atom. The molecule has 0 aliphatic heterocycles. The first kappa shape index (κ1) is 5.45. The van der Waals surface area contributed by atoms with Crippen molar-refractivity contribution in [2.45, 2.75) is 0 Å². The lowest BCUT2D eigenvalue weighted by Gasteiger charge is -1.80. The summed E-state index contributed by atoms with van der Waals surface area (Å²) < 4.78 is 2.72. The molecular formula is CH3N3OS. The minimum Gasteiger partial charge on any atom is -0.273 e. The van der Waals surface area contributed by atoms with Crippen molar-refractivity contribution in [3.8, 4) is 0 Å². The van der Waals surface area contributed by atoms with Crippen molar-refractivity contribution in [1.29, 1.82) is 0 Å². The maximum Gasteiger partial charge on any atom is 0.366 e. The first-order valence-electron chi connectivity index (χ1n) is 1.15. The van der Waals surface area contributed by atoms with Crippen LogP contribution in [0.2, 0.25) is 0 Å². The molecule has 5 heteroatoms. The normalized spacial score (nSPS) is 6.83. The Balaban J connectivity index is 3.23. The van der Waals surface area contributed by atoms with Crippen LogP contribution < -0.4 is 11.3 Å². The van der Waals surface area contributed by atoms with E-state index in [1.807, 2.05) is 0 Å². The van der Waals surface area contributed by atoms with Crippen LogP contribution in [0.4, 0.5) is 4.79 Å². The Bertz CT molecular complexity index is 71.2. The topological polar surface area (TPSA) is 67.5 Å². The summed E-state index contributed by atoms with van der Waals surface area (Å²) in [4.78, 5) is 9.67. The summed E-state index contributed by atoms with van der Waals surface area (Å²) in [7, 11) is 0. The minimum absolute atomic E-state index is 0.690. The van der Waals surface area contributed by atoms with E-state index in [0.29, 0.717) is 0 Å². The molecule has 0 aromatic rings. The Morgan fingerprint density at radius 1 is 2.00 bits per heavy atom. The zero-order valence-electron chi connectivity index (χ0n) is 2.84. The van der Waals surface area contributed by atoms with Crippen LogP contribution in [-0.4, -0.2) is 6.03 Å². The van der Waals surface area contributed by atoms with Crippen molar-refractivity contribution in [3.05, 3.63) is 0 Å². The fourth-order valence-corrected chi connectivity index (χ4v) is 0.0791. The third-order valence-corrected chi connectivity index (χ3v) is 0.372. The number of nitrogens with zero attached hydrogens (tertiary/aromatic N) is 1. The molecule has 0 radical (unpaired) electrons. The van der Waals surface area contributed by atoms with Gasteiger partial charge in [-0.3, -0.25) is 5.43 Å². The van der Waals surface area contributed by atoms with Crippen LogP contribution in [0.1, 0.15) is 0 Å². The number of hydrogen-bond acceptors (Lipinski definition) is 3. The fourth-order valence-electron chi connectivity index (χ4n) is 0.0264. The van der Waals surface area contributed by atoms with Crippen molar-refractivity contribution in [1.82, 2.24) is 5.43 Å². The molecule has 0 aliphatic rings. The van der Waals surface area contributed by atoms with E-state index < -0.39 is 6.03 Å². The SMILES string of the molecule is NNC(=O)N=S. The summed E-state index contributed by atoms with van der Waals surface area (Å²) in [5.41, 5.74) is 1.70. The van der Waals surface area contributed by atoms with Gasteiger partial charge in [-0.2, -0.15) is 0 Å². The first-order valence-corrected chi connectivity index (χ1v) is 1.51. The summed E-state index contributed by atoms with van der Waals surface area (Å²) in [6.45, 7) is 0. The van der Waals surface area contributed by atoms with E-state index in [0.717, 1.165) is 0 Å². The molecule has 0 spiro atoms. The molecular weight excluding hydrogens is 102 g/mol. The van der Waals surface area contributed by atoms with Crippen molar-refractivity contribution >= 4 is 18.5 Å². The third-order valence-electron chi connectivity index (χ3n) is 0.206. The van der Waals surface area contributed by atoms with Crippen molar-refractivity contribution in [3.63, 3.8) is 0 Å². The van der Waals surface area contributed by atoms with Gasteiger partial charge < -0.3 is 0 Å². The quantitative estimate of drug-likeness (QED) is 0.243. The molecule has 0 unspecified atom stereocenters. The number of urea groups is 1. The Kier molecular flexibility index (Phi) is 2.43. The van der Waals surface area contributed by atoms with E-state index in [9.17, 15) is 4.79 Å². The maximum atomic E-state index is 9.67. The van der Waals surface area contributed by atoms with E-state index in [4.69, 9.17) is 0 Å².